The first kappa shape index (κ1) is 22.9. The fourth-order valence-electron chi connectivity index (χ4n) is 4.86. The number of aromatic nitrogens is 3. The van der Waals surface area contributed by atoms with E-state index in [-0.39, 0.29) is 0 Å². The van der Waals surface area contributed by atoms with E-state index >= 15 is 0 Å². The SMILES string of the molecule is O[C@H](Cn1nc(-c2ccccc2)cc1-c1ccccc1)Cn1c2ccc(Cl)cc2c2cc(Cl)ccc21. The fourth-order valence-corrected chi connectivity index (χ4v) is 5.20. The van der Waals surface area contributed by atoms with Crippen LogP contribution in [0.25, 0.3) is 44.3 Å². The number of fused-ring (bicyclic) bond motifs is 3. The molecule has 0 amide bonds. The van der Waals surface area contributed by atoms with Gasteiger partial charge >= 0.3 is 0 Å². The zero-order valence-electron chi connectivity index (χ0n) is 19.4. The van der Waals surface area contributed by atoms with E-state index in [2.05, 4.69) is 22.8 Å². The van der Waals surface area contributed by atoms with E-state index in [1.165, 1.54) is 0 Å². The van der Waals surface area contributed by atoms with Gasteiger partial charge in [-0.1, -0.05) is 83.9 Å². The molecule has 0 spiro atoms. The van der Waals surface area contributed by atoms with Crippen LogP contribution in [0.4, 0.5) is 0 Å². The Morgan fingerprint density at radius 3 is 1.81 bits per heavy atom. The molecule has 0 radical (unpaired) electrons. The Balaban J connectivity index is 1.38. The van der Waals surface area contributed by atoms with Crippen molar-refractivity contribution in [1.82, 2.24) is 14.3 Å². The molecule has 1 N–H and O–H groups in total. The molecule has 4 aromatic carbocycles. The Labute approximate surface area is 218 Å². The Morgan fingerprint density at radius 2 is 1.22 bits per heavy atom. The number of aliphatic hydroxyl groups excluding tert-OH is 1. The number of hydrogen-bond donors (Lipinski definition) is 1. The van der Waals surface area contributed by atoms with Gasteiger partial charge in [0.15, 0.2) is 0 Å². The monoisotopic (exact) mass is 511 g/mol. The van der Waals surface area contributed by atoms with Crippen molar-refractivity contribution in [3.63, 3.8) is 0 Å². The van der Waals surface area contributed by atoms with Crippen LogP contribution in [0.5, 0.6) is 0 Å². The molecule has 178 valence electrons. The minimum Gasteiger partial charge on any atom is -0.389 e. The fraction of sp³-hybridized carbons (Fsp3) is 0.100. The second-order valence-electron chi connectivity index (χ2n) is 8.92. The van der Waals surface area contributed by atoms with Crippen LogP contribution in [0, 0.1) is 0 Å². The molecule has 6 aromatic rings. The average molecular weight is 512 g/mol. The molecule has 0 unspecified atom stereocenters. The summed E-state index contributed by atoms with van der Waals surface area (Å²) in [4.78, 5) is 0. The maximum Gasteiger partial charge on any atom is 0.0929 e. The second kappa shape index (κ2) is 9.47. The molecule has 6 heteroatoms. The summed E-state index contributed by atoms with van der Waals surface area (Å²) in [6.45, 7) is 0.747. The van der Waals surface area contributed by atoms with Gasteiger partial charge in [0.25, 0.3) is 0 Å². The third-order valence-corrected chi connectivity index (χ3v) is 6.96. The third-order valence-electron chi connectivity index (χ3n) is 6.49. The maximum atomic E-state index is 11.3. The van der Waals surface area contributed by atoms with E-state index in [0.29, 0.717) is 23.1 Å². The number of hydrogen-bond acceptors (Lipinski definition) is 2. The quantitative estimate of drug-likeness (QED) is 0.249. The van der Waals surface area contributed by atoms with E-state index in [4.69, 9.17) is 28.3 Å². The highest BCUT2D eigenvalue weighted by atomic mass is 35.5. The van der Waals surface area contributed by atoms with Crippen molar-refractivity contribution in [2.45, 2.75) is 19.2 Å². The lowest BCUT2D eigenvalue weighted by atomic mass is 10.1. The maximum absolute atomic E-state index is 11.3. The van der Waals surface area contributed by atoms with E-state index in [1.54, 1.807) is 0 Å². The molecule has 0 aliphatic rings. The van der Waals surface area contributed by atoms with E-state index in [1.807, 2.05) is 89.6 Å². The lowest BCUT2D eigenvalue weighted by molar-refractivity contribution is 0.133. The first-order valence-corrected chi connectivity index (χ1v) is 12.6. The highest BCUT2D eigenvalue weighted by molar-refractivity contribution is 6.33. The Hall–Kier alpha value is -3.57. The predicted octanol–water partition coefficient (Wildman–Crippen LogP) is 7.69. The minimum atomic E-state index is -0.679. The lowest BCUT2D eigenvalue weighted by Gasteiger charge is -2.16. The van der Waals surface area contributed by atoms with Gasteiger partial charge in [-0.25, -0.2) is 0 Å². The van der Waals surface area contributed by atoms with Crippen LogP contribution < -0.4 is 0 Å². The topological polar surface area (TPSA) is 43.0 Å². The smallest absolute Gasteiger partial charge is 0.0929 e. The summed E-state index contributed by atoms with van der Waals surface area (Å²) < 4.78 is 4.04. The molecule has 4 nitrogen and oxygen atoms in total. The van der Waals surface area contributed by atoms with Crippen LogP contribution in [0.3, 0.4) is 0 Å². The molecule has 0 bridgehead atoms. The molecule has 0 aliphatic heterocycles. The molecule has 6 rings (SSSR count). The number of aliphatic hydroxyl groups is 1. The lowest BCUT2D eigenvalue weighted by Crippen LogP contribution is -2.23. The first-order valence-electron chi connectivity index (χ1n) is 11.8. The zero-order chi connectivity index (χ0) is 24.6. The second-order valence-corrected chi connectivity index (χ2v) is 9.79. The van der Waals surface area contributed by atoms with Gasteiger partial charge in [0, 0.05) is 37.4 Å². The molecule has 36 heavy (non-hydrogen) atoms. The van der Waals surface area contributed by atoms with Gasteiger partial charge < -0.3 is 9.67 Å². The zero-order valence-corrected chi connectivity index (χ0v) is 20.9. The first-order chi connectivity index (χ1) is 17.6. The molecular weight excluding hydrogens is 489 g/mol. The Bertz CT molecular complexity index is 1610. The molecule has 0 fully saturated rings. The normalized spacial score (nSPS) is 12.4. The number of halogens is 2. The summed E-state index contributed by atoms with van der Waals surface area (Å²) in [5.74, 6) is 0. The van der Waals surface area contributed by atoms with Gasteiger partial charge in [0.2, 0.25) is 0 Å². The summed E-state index contributed by atoms with van der Waals surface area (Å²) in [7, 11) is 0. The molecular formula is C30H23Cl2N3O. The summed E-state index contributed by atoms with van der Waals surface area (Å²) in [6, 6.07) is 34.0. The molecule has 0 saturated heterocycles. The van der Waals surface area contributed by atoms with Crippen LogP contribution in [0.15, 0.2) is 103 Å². The van der Waals surface area contributed by atoms with Gasteiger partial charge in [-0.05, 0) is 48.0 Å². The summed E-state index contributed by atoms with van der Waals surface area (Å²) in [5.41, 5.74) is 5.95. The highest BCUT2D eigenvalue weighted by Crippen LogP contribution is 2.33. The van der Waals surface area contributed by atoms with Gasteiger partial charge in [-0.3, -0.25) is 4.68 Å². The number of benzene rings is 4. The van der Waals surface area contributed by atoms with E-state index in [0.717, 1.165) is 44.3 Å². The van der Waals surface area contributed by atoms with Gasteiger partial charge in [-0.15, -0.1) is 0 Å². The van der Waals surface area contributed by atoms with Gasteiger partial charge in [-0.2, -0.15) is 5.10 Å². The average Bonchev–Trinajstić information content (AvgIpc) is 3.44. The minimum absolute atomic E-state index is 0.347. The molecule has 2 aromatic heterocycles. The van der Waals surface area contributed by atoms with Gasteiger partial charge in [0.05, 0.1) is 30.6 Å². The van der Waals surface area contributed by atoms with Crippen molar-refractivity contribution in [2.24, 2.45) is 0 Å². The summed E-state index contributed by atoms with van der Waals surface area (Å²) in [5, 5.41) is 19.6. The van der Waals surface area contributed by atoms with Crippen molar-refractivity contribution < 1.29 is 5.11 Å². The van der Waals surface area contributed by atoms with Crippen LogP contribution in [0.1, 0.15) is 0 Å². The van der Waals surface area contributed by atoms with Gasteiger partial charge in [0.1, 0.15) is 0 Å². The molecule has 2 heterocycles. The highest BCUT2D eigenvalue weighted by Gasteiger charge is 2.18. The van der Waals surface area contributed by atoms with Crippen molar-refractivity contribution in [1.29, 1.82) is 0 Å². The Kier molecular flexibility index (Phi) is 6.02. The van der Waals surface area contributed by atoms with Crippen LogP contribution in [0.2, 0.25) is 10.0 Å². The molecule has 1 atom stereocenters. The number of nitrogens with zero attached hydrogens (tertiary/aromatic N) is 3. The summed E-state index contributed by atoms with van der Waals surface area (Å²) >= 11 is 12.6. The Morgan fingerprint density at radius 1 is 0.667 bits per heavy atom. The van der Waals surface area contributed by atoms with Crippen LogP contribution in [-0.4, -0.2) is 25.6 Å². The van der Waals surface area contributed by atoms with E-state index < -0.39 is 6.10 Å². The summed E-state index contributed by atoms with van der Waals surface area (Å²) in [6.07, 6.45) is -0.679. The number of rotatable bonds is 6. The standard InChI is InChI=1S/C30H23Cl2N3O/c31-22-11-13-28-25(15-22)26-16-23(32)12-14-29(26)34(28)18-24(36)19-35-30(21-9-5-2-6-10-21)17-27(33-35)20-7-3-1-4-8-20/h1-17,24,36H,18-19H2/t24-/m0/s1. The van der Waals surface area contributed by atoms with Crippen molar-refractivity contribution in [3.8, 4) is 22.5 Å². The predicted molar refractivity (Wildman–Crippen MR) is 149 cm³/mol. The van der Waals surface area contributed by atoms with E-state index in [9.17, 15) is 5.11 Å². The van der Waals surface area contributed by atoms with Crippen LogP contribution >= 0.6 is 23.2 Å². The van der Waals surface area contributed by atoms with Crippen molar-refractivity contribution >= 4 is 45.0 Å². The van der Waals surface area contributed by atoms with Crippen LogP contribution in [-0.2, 0) is 13.1 Å². The van der Waals surface area contributed by atoms with Crippen molar-refractivity contribution in [3.05, 3.63) is 113 Å². The molecule has 0 aliphatic carbocycles. The van der Waals surface area contributed by atoms with Crippen molar-refractivity contribution in [2.75, 3.05) is 0 Å². The third kappa shape index (κ3) is 4.28. The largest absolute Gasteiger partial charge is 0.389 e. The molecule has 0 saturated carbocycles.